The van der Waals surface area contributed by atoms with Crippen LogP contribution in [-0.2, 0) is 0 Å². The maximum Gasteiger partial charge on any atom is 0.113 e. The molecule has 16 heavy (non-hydrogen) atoms. The van der Waals surface area contributed by atoms with Gasteiger partial charge in [0.1, 0.15) is 5.84 Å². The summed E-state index contributed by atoms with van der Waals surface area (Å²) in [6.45, 7) is 4.42. The molecule has 3 nitrogen and oxygen atoms in total. The van der Waals surface area contributed by atoms with Crippen LogP contribution in [0.4, 0.5) is 0 Å². The standard InChI is InChI=1S/C12H16ClN3/c1-8(2)9-4-3-5-11(13)10(9)6-16-7-12(14)15/h3-6,8H,7H2,1-2H3,(H3,14,15). The number of halogens is 1. The van der Waals surface area contributed by atoms with Crippen LogP contribution < -0.4 is 5.73 Å². The third kappa shape index (κ3) is 3.35. The van der Waals surface area contributed by atoms with Crippen LogP contribution in [0.1, 0.15) is 30.9 Å². The van der Waals surface area contributed by atoms with E-state index in [1.165, 1.54) is 0 Å². The lowest BCUT2D eigenvalue weighted by Crippen LogP contribution is -2.13. The van der Waals surface area contributed by atoms with Gasteiger partial charge in [-0.1, -0.05) is 37.6 Å². The number of rotatable bonds is 4. The Kier molecular flexibility index (Phi) is 4.50. The highest BCUT2D eigenvalue weighted by molar-refractivity contribution is 6.33. The van der Waals surface area contributed by atoms with Crippen molar-refractivity contribution in [2.75, 3.05) is 6.54 Å². The van der Waals surface area contributed by atoms with E-state index >= 15 is 0 Å². The molecule has 0 bridgehead atoms. The predicted molar refractivity (Wildman–Crippen MR) is 69.9 cm³/mol. The number of amidine groups is 1. The highest BCUT2D eigenvalue weighted by Crippen LogP contribution is 2.24. The molecule has 0 heterocycles. The second-order valence-electron chi connectivity index (χ2n) is 3.89. The van der Waals surface area contributed by atoms with Crippen LogP contribution >= 0.6 is 11.6 Å². The zero-order valence-electron chi connectivity index (χ0n) is 9.50. The van der Waals surface area contributed by atoms with Gasteiger partial charge in [0, 0.05) is 16.8 Å². The van der Waals surface area contributed by atoms with Crippen LogP contribution in [0.15, 0.2) is 23.2 Å². The van der Waals surface area contributed by atoms with Crippen molar-refractivity contribution < 1.29 is 0 Å². The van der Waals surface area contributed by atoms with Gasteiger partial charge in [-0.2, -0.15) is 0 Å². The summed E-state index contributed by atoms with van der Waals surface area (Å²) in [5.74, 6) is 0.437. The fraction of sp³-hybridized carbons (Fsp3) is 0.333. The van der Waals surface area contributed by atoms with E-state index in [9.17, 15) is 0 Å². The number of nitrogens with one attached hydrogen (secondary N) is 1. The van der Waals surface area contributed by atoms with Crippen molar-refractivity contribution in [2.45, 2.75) is 19.8 Å². The minimum atomic E-state index is 0.0504. The van der Waals surface area contributed by atoms with Crippen LogP contribution in [0.25, 0.3) is 0 Å². The Bertz CT molecular complexity index is 411. The molecule has 0 aliphatic carbocycles. The second kappa shape index (κ2) is 5.66. The molecule has 0 spiro atoms. The largest absolute Gasteiger partial charge is 0.386 e. The van der Waals surface area contributed by atoms with Gasteiger partial charge in [0.05, 0.1) is 6.54 Å². The van der Waals surface area contributed by atoms with E-state index in [1.807, 2.05) is 18.2 Å². The van der Waals surface area contributed by atoms with Gasteiger partial charge >= 0.3 is 0 Å². The Hall–Kier alpha value is -1.35. The third-order valence-electron chi connectivity index (χ3n) is 2.19. The molecule has 0 amide bonds. The molecular weight excluding hydrogens is 222 g/mol. The lowest BCUT2D eigenvalue weighted by molar-refractivity contribution is 0.865. The monoisotopic (exact) mass is 237 g/mol. The molecule has 3 N–H and O–H groups in total. The number of aliphatic imine (C=N–C) groups is 1. The summed E-state index contributed by atoms with van der Waals surface area (Å²) in [7, 11) is 0. The molecule has 4 heteroatoms. The highest BCUT2D eigenvalue weighted by atomic mass is 35.5. The van der Waals surface area contributed by atoms with Crippen LogP contribution in [0.5, 0.6) is 0 Å². The topological polar surface area (TPSA) is 62.2 Å². The molecule has 1 rings (SSSR count). The number of nitrogens with two attached hydrogens (primary N) is 1. The molecule has 0 aliphatic rings. The minimum absolute atomic E-state index is 0.0504. The molecule has 0 aromatic heterocycles. The van der Waals surface area contributed by atoms with Gasteiger partial charge in [0.15, 0.2) is 0 Å². The van der Waals surface area contributed by atoms with Gasteiger partial charge in [-0.25, -0.2) is 0 Å². The normalized spacial score (nSPS) is 11.2. The van der Waals surface area contributed by atoms with Crippen molar-refractivity contribution in [1.82, 2.24) is 0 Å². The average Bonchev–Trinajstić information content (AvgIpc) is 2.19. The van der Waals surface area contributed by atoms with Crippen molar-refractivity contribution >= 4 is 23.7 Å². The summed E-state index contributed by atoms with van der Waals surface area (Å²) in [5, 5.41) is 7.76. The molecule has 0 saturated carbocycles. The van der Waals surface area contributed by atoms with E-state index in [0.29, 0.717) is 10.9 Å². The number of hydrogen-bond donors (Lipinski definition) is 2. The van der Waals surface area contributed by atoms with E-state index < -0.39 is 0 Å². The molecule has 1 aromatic carbocycles. The highest BCUT2D eigenvalue weighted by Gasteiger charge is 2.07. The first-order valence-electron chi connectivity index (χ1n) is 5.13. The molecule has 0 aliphatic heterocycles. The Morgan fingerprint density at radius 1 is 1.56 bits per heavy atom. The summed E-state index contributed by atoms with van der Waals surface area (Å²) in [5.41, 5.74) is 7.30. The minimum Gasteiger partial charge on any atom is -0.386 e. The predicted octanol–water partition coefficient (Wildman–Crippen LogP) is 2.82. The summed E-state index contributed by atoms with van der Waals surface area (Å²) in [4.78, 5) is 4.09. The zero-order valence-corrected chi connectivity index (χ0v) is 10.3. The first kappa shape index (κ1) is 12.7. The first-order chi connectivity index (χ1) is 7.52. The van der Waals surface area contributed by atoms with E-state index in [-0.39, 0.29) is 12.4 Å². The molecular formula is C12H16ClN3. The summed E-state index contributed by atoms with van der Waals surface area (Å²) in [6, 6.07) is 5.80. The van der Waals surface area contributed by atoms with Gasteiger partial charge in [0.25, 0.3) is 0 Å². The van der Waals surface area contributed by atoms with Gasteiger partial charge in [-0.3, -0.25) is 10.4 Å². The molecule has 0 radical (unpaired) electrons. The molecule has 0 saturated heterocycles. The van der Waals surface area contributed by atoms with E-state index in [2.05, 4.69) is 18.8 Å². The Labute approximate surface area is 101 Å². The lowest BCUT2D eigenvalue weighted by atomic mass is 9.98. The van der Waals surface area contributed by atoms with Crippen molar-refractivity contribution in [3.63, 3.8) is 0 Å². The van der Waals surface area contributed by atoms with Gasteiger partial charge in [0.2, 0.25) is 0 Å². The van der Waals surface area contributed by atoms with Crippen molar-refractivity contribution in [3.8, 4) is 0 Å². The molecule has 1 aromatic rings. The Balaban J connectivity index is 3.01. The van der Waals surface area contributed by atoms with Gasteiger partial charge < -0.3 is 5.73 Å². The quantitative estimate of drug-likeness (QED) is 0.614. The number of benzene rings is 1. The third-order valence-corrected chi connectivity index (χ3v) is 2.52. The second-order valence-corrected chi connectivity index (χ2v) is 4.30. The van der Waals surface area contributed by atoms with Crippen LogP contribution in [0.2, 0.25) is 5.02 Å². The average molecular weight is 238 g/mol. The summed E-state index contributed by atoms with van der Waals surface area (Å²) >= 11 is 6.11. The molecule has 0 fully saturated rings. The molecule has 0 unspecified atom stereocenters. The van der Waals surface area contributed by atoms with Crippen molar-refractivity contribution in [2.24, 2.45) is 10.7 Å². The smallest absolute Gasteiger partial charge is 0.113 e. The van der Waals surface area contributed by atoms with Crippen molar-refractivity contribution in [3.05, 3.63) is 34.3 Å². The van der Waals surface area contributed by atoms with Gasteiger partial charge in [-0.15, -0.1) is 0 Å². The maximum atomic E-state index is 7.08. The van der Waals surface area contributed by atoms with Crippen LogP contribution in [-0.4, -0.2) is 18.6 Å². The SMILES string of the molecule is CC(C)c1cccc(Cl)c1C=NCC(=N)N. The van der Waals surface area contributed by atoms with Crippen LogP contribution in [0.3, 0.4) is 0 Å². The Morgan fingerprint density at radius 2 is 2.25 bits per heavy atom. The number of hydrogen-bond acceptors (Lipinski definition) is 2. The van der Waals surface area contributed by atoms with Crippen molar-refractivity contribution in [1.29, 1.82) is 5.41 Å². The molecule has 0 atom stereocenters. The van der Waals surface area contributed by atoms with Crippen LogP contribution in [0, 0.1) is 5.41 Å². The van der Waals surface area contributed by atoms with Gasteiger partial charge in [-0.05, 0) is 17.5 Å². The van der Waals surface area contributed by atoms with E-state index in [0.717, 1.165) is 11.1 Å². The fourth-order valence-corrected chi connectivity index (χ4v) is 1.66. The lowest BCUT2D eigenvalue weighted by Gasteiger charge is -2.10. The maximum absolute atomic E-state index is 7.08. The summed E-state index contributed by atoms with van der Waals surface area (Å²) in [6.07, 6.45) is 1.69. The fourth-order valence-electron chi connectivity index (χ4n) is 1.43. The Morgan fingerprint density at radius 3 is 2.81 bits per heavy atom. The number of nitrogens with zero attached hydrogens (tertiary/aromatic N) is 1. The van der Waals surface area contributed by atoms with E-state index in [1.54, 1.807) is 6.21 Å². The first-order valence-corrected chi connectivity index (χ1v) is 5.51. The van der Waals surface area contributed by atoms with E-state index in [4.69, 9.17) is 22.7 Å². The zero-order chi connectivity index (χ0) is 12.1. The molecule has 86 valence electrons. The summed E-state index contributed by atoms with van der Waals surface area (Å²) < 4.78 is 0.